The summed E-state index contributed by atoms with van der Waals surface area (Å²) in [5, 5.41) is 36.5. The van der Waals surface area contributed by atoms with Crippen molar-refractivity contribution in [2.24, 2.45) is 0 Å². The summed E-state index contributed by atoms with van der Waals surface area (Å²) in [6.07, 6.45) is 16.8. The fraction of sp³-hybridized carbons (Fsp3) is 0.286. The number of unbranched alkanes of at least 4 members (excludes halogenated alkanes) is 8. The molecule has 2 aliphatic rings. The molecule has 698 valence electrons. The number of rotatable bonds is 48. The third kappa shape index (κ3) is 22.6. The van der Waals surface area contributed by atoms with Crippen LogP contribution in [0.3, 0.4) is 0 Å². The number of H-pyrrole nitrogens is 2. The van der Waals surface area contributed by atoms with Gasteiger partial charge in [-0.1, -0.05) is 252 Å². The molecule has 17 rings (SSSR count). The molecule has 0 aliphatic carbocycles. The number of thioether (sulfide) groups is 8. The van der Waals surface area contributed by atoms with Gasteiger partial charge >= 0.3 is 0 Å². The maximum absolute atomic E-state index is 6.49. The molecule has 5 heterocycles. The van der Waals surface area contributed by atoms with Crippen molar-refractivity contribution >= 4 is 229 Å². The fourth-order valence-corrected chi connectivity index (χ4v) is 28.2. The average molecular weight is 1950 g/mol. The first-order valence-corrected chi connectivity index (χ1v) is 56.5. The van der Waals surface area contributed by atoms with E-state index in [1.807, 2.05) is 94.1 Å². The average Bonchev–Trinajstić information content (AvgIpc) is 1.54. The molecule has 24 heteroatoms. The zero-order valence-corrected chi connectivity index (χ0v) is 85.5. The molecule has 3 aromatic heterocycles. The van der Waals surface area contributed by atoms with Crippen molar-refractivity contribution in [2.75, 3.05) is 88.6 Å². The summed E-state index contributed by atoms with van der Waals surface area (Å²) >= 11 is 16.0. The van der Waals surface area contributed by atoms with Gasteiger partial charge in [-0.3, -0.25) is 0 Å². The Kier molecular flexibility index (Phi) is 34.5. The van der Waals surface area contributed by atoms with Crippen molar-refractivity contribution in [3.63, 3.8) is 0 Å². The third-order valence-corrected chi connectivity index (χ3v) is 33.8. The summed E-state index contributed by atoms with van der Waals surface area (Å²) in [4.78, 5) is 57.1. The molecule has 136 heavy (non-hydrogen) atoms. The first-order chi connectivity index (χ1) is 67.2. The number of nitrogens with zero attached hydrogens (tertiary/aromatic N) is 6. The lowest BCUT2D eigenvalue weighted by atomic mass is 9.98. The number of hydrogen-bond donors (Lipinski definition) is 10. The molecule has 12 aromatic carbocycles. The summed E-state index contributed by atoms with van der Waals surface area (Å²) in [5.41, 5.74) is 18.1. The van der Waals surface area contributed by atoms with Crippen LogP contribution in [0.5, 0.6) is 0 Å². The lowest BCUT2D eigenvalue weighted by Crippen LogP contribution is -2.08. The lowest BCUT2D eigenvalue weighted by molar-refractivity contribution is 0.884. The van der Waals surface area contributed by atoms with E-state index in [0.717, 1.165) is 239 Å². The Hall–Kier alpha value is -10.8. The van der Waals surface area contributed by atoms with Crippen molar-refractivity contribution in [3.8, 4) is 45.6 Å². The highest BCUT2D eigenvalue weighted by atomic mass is 32.2. The first-order valence-electron chi connectivity index (χ1n) is 48.6. The van der Waals surface area contributed by atoms with Crippen LogP contribution in [0.15, 0.2) is 282 Å². The van der Waals surface area contributed by atoms with E-state index < -0.39 is 0 Å². The second kappa shape index (κ2) is 48.5. The van der Waals surface area contributed by atoms with E-state index in [4.69, 9.17) is 29.9 Å². The van der Waals surface area contributed by atoms with E-state index in [0.29, 0.717) is 90.8 Å². The minimum Gasteiger partial charge on any atom is -0.353 e. The second-order valence-electron chi connectivity index (χ2n) is 33.8. The molecular formula is C112H122N16S8. The number of para-hydroxylation sites is 8. The summed E-state index contributed by atoms with van der Waals surface area (Å²) in [6.45, 7) is 18.6. The summed E-state index contributed by atoms with van der Waals surface area (Å²) in [7, 11) is 0. The Morgan fingerprint density at radius 1 is 0.184 bits per heavy atom. The largest absolute Gasteiger partial charge is 0.353 e. The Morgan fingerprint density at radius 2 is 0.360 bits per heavy atom. The maximum Gasteiger partial charge on any atom is 0.167 e. The molecule has 0 amide bonds. The Balaban J connectivity index is 1.19. The minimum atomic E-state index is 0.365. The van der Waals surface area contributed by atoms with Gasteiger partial charge in [0.25, 0.3) is 0 Å². The number of benzene rings is 12. The zero-order chi connectivity index (χ0) is 93.3. The first kappa shape index (κ1) is 96.9. The van der Waals surface area contributed by atoms with Crippen LogP contribution in [0.1, 0.15) is 158 Å². The molecule has 2 aliphatic heterocycles. The van der Waals surface area contributed by atoms with Crippen LogP contribution < -0.4 is 42.5 Å². The van der Waals surface area contributed by atoms with Crippen LogP contribution in [0, 0.1) is 0 Å². The van der Waals surface area contributed by atoms with Gasteiger partial charge in [-0.2, -0.15) is 0 Å². The molecule has 15 aromatic rings. The van der Waals surface area contributed by atoms with Crippen molar-refractivity contribution in [1.29, 1.82) is 0 Å². The van der Waals surface area contributed by atoms with Crippen molar-refractivity contribution in [3.05, 3.63) is 243 Å². The second-order valence-corrected chi connectivity index (χ2v) is 42.6. The lowest BCUT2D eigenvalue weighted by Gasteiger charge is -2.26. The Morgan fingerprint density at radius 3 is 0.588 bits per heavy atom. The van der Waals surface area contributed by atoms with Gasteiger partial charge in [0, 0.05) is 107 Å². The van der Waals surface area contributed by atoms with Gasteiger partial charge in [0.1, 0.15) is 22.6 Å². The van der Waals surface area contributed by atoms with Gasteiger partial charge in [-0.15, -0.1) is 94.1 Å². The predicted molar refractivity (Wildman–Crippen MR) is 599 cm³/mol. The fourth-order valence-electron chi connectivity index (χ4n) is 16.6. The number of fused-ring (bicyclic) bond motifs is 20. The van der Waals surface area contributed by atoms with Crippen LogP contribution in [0.2, 0.25) is 0 Å². The highest BCUT2D eigenvalue weighted by Gasteiger charge is 2.39. The van der Waals surface area contributed by atoms with Crippen LogP contribution in [0.25, 0.3) is 89.7 Å². The van der Waals surface area contributed by atoms with E-state index >= 15 is 0 Å². The monoisotopic (exact) mass is 1950 g/mol. The van der Waals surface area contributed by atoms with E-state index in [9.17, 15) is 0 Å². The topological polar surface area (TPSA) is 205 Å². The van der Waals surface area contributed by atoms with E-state index in [1.54, 1.807) is 0 Å². The highest BCUT2D eigenvalue weighted by Crippen LogP contribution is 2.61. The molecular weight excluding hydrogens is 1830 g/mol. The van der Waals surface area contributed by atoms with Crippen LogP contribution >= 0.6 is 94.1 Å². The summed E-state index contributed by atoms with van der Waals surface area (Å²) in [5.74, 6) is 9.39. The SMILES string of the molecule is CCCCSc1c(SCCCC)c(SCCCC)c2c(c1SCCCC)-c1nc-2nc2[nH]c(nc3nc(nc4[nH]c(n1)c1c(Nc5ccccc5)c(Nc5ccccc5)c(Nc5ccccc5)c(Nc5ccccc5)c41)-c1c(Nc4ccccc4)c(Nc4ccccc4)c(Nc4ccccc4)c(Nc4ccccc4)c1-3)c1c(SCCCC)c(SCCCC)c(SCCCC)c(SCCCC)c21. The van der Waals surface area contributed by atoms with Gasteiger partial charge in [0.05, 0.1) is 67.4 Å². The molecule has 0 saturated heterocycles. The van der Waals surface area contributed by atoms with Crippen LogP contribution in [-0.2, 0) is 0 Å². The van der Waals surface area contributed by atoms with E-state index in [1.165, 1.54) is 39.2 Å². The van der Waals surface area contributed by atoms with Crippen LogP contribution in [-0.4, -0.2) is 85.9 Å². The third-order valence-electron chi connectivity index (χ3n) is 23.6. The Labute approximate surface area is 836 Å². The van der Waals surface area contributed by atoms with Crippen molar-refractivity contribution < 1.29 is 0 Å². The van der Waals surface area contributed by atoms with Gasteiger partial charge in [0.15, 0.2) is 23.3 Å². The molecule has 8 bridgehead atoms. The molecule has 0 radical (unpaired) electrons. The zero-order valence-electron chi connectivity index (χ0n) is 79.0. The Bertz CT molecular complexity index is 6720. The van der Waals surface area contributed by atoms with Gasteiger partial charge < -0.3 is 52.5 Å². The summed E-state index contributed by atoms with van der Waals surface area (Å²) in [6, 6.07) is 83.8. The molecule has 0 atom stereocenters. The molecule has 0 saturated carbocycles. The van der Waals surface area contributed by atoms with E-state index in [-0.39, 0.29) is 0 Å². The van der Waals surface area contributed by atoms with Crippen molar-refractivity contribution in [1.82, 2.24) is 39.9 Å². The van der Waals surface area contributed by atoms with E-state index in [2.05, 4.69) is 351 Å². The predicted octanol–water partition coefficient (Wildman–Crippen LogP) is 36.0. The quantitative estimate of drug-likeness (QED) is 0.0127. The molecule has 10 N–H and O–H groups in total. The van der Waals surface area contributed by atoms with Gasteiger partial charge in [-0.25, -0.2) is 29.9 Å². The smallest absolute Gasteiger partial charge is 0.167 e. The summed E-state index contributed by atoms with van der Waals surface area (Å²) < 4.78 is 0. The van der Waals surface area contributed by atoms with Crippen LogP contribution in [0.4, 0.5) is 91.0 Å². The minimum absolute atomic E-state index is 0.365. The maximum atomic E-state index is 6.49. The molecule has 16 nitrogen and oxygen atoms in total. The van der Waals surface area contributed by atoms with Crippen molar-refractivity contribution in [2.45, 2.75) is 197 Å². The molecule has 0 unspecified atom stereocenters. The normalized spacial score (nSPS) is 11.6. The number of aromatic nitrogens is 8. The number of aromatic amines is 2. The van der Waals surface area contributed by atoms with Gasteiger partial charge in [0.2, 0.25) is 0 Å². The number of nitrogens with one attached hydrogen (secondary N) is 10. The van der Waals surface area contributed by atoms with Gasteiger partial charge in [-0.05, 0) is 194 Å². The highest BCUT2D eigenvalue weighted by molar-refractivity contribution is 8.05. The molecule has 0 spiro atoms. The molecule has 0 fully saturated rings. The standard InChI is InChI=1S/C112H122N16S8/c1-9-17-65-129-97-85-87(99(131-67-19-11-3)103(135-71-23-15-7)101(97)133-69-21-13-5)111-126-109(85)124-107-83-81(89(113-73-49-33-25-34-50-73)93(117-77-57-41-29-42-58-77)95(119-79-61-45-31-46-62-79)91(83)115-75-53-37-27-38-54-75)105(122-107)121-106-82-84(92(116-76-55-39-28-40-56-76)96(120-80-63-47-32-48-64-80)94(118-78-59-43-30-44-60-78)90(82)114-74-51-35-26-36-52-74)108(123-106)125-110-86-88(112(127-110)128-111)100(132-68-20-12-4)104(136-72-24-16-8)102(134-70-22-14-6)98(86)130-66-18-10-2/h25-64,113-120H,9-24,65-72H2,1-8H3,(H2,121,122,123,124,125,126,127,128). The number of hydrogen-bond acceptors (Lipinski definition) is 22. The number of anilines is 16.